The molecule has 0 saturated heterocycles. The minimum absolute atomic E-state index is 0.109. The van der Waals surface area contributed by atoms with Crippen LogP contribution >= 0.6 is 0 Å². The molecule has 0 aromatic heterocycles. The zero-order valence-corrected chi connectivity index (χ0v) is 13.4. The largest absolute Gasteiger partial charge is 0.343 e. The molecule has 0 radical (unpaired) electrons. The van der Waals surface area contributed by atoms with Crippen molar-refractivity contribution >= 4 is 11.7 Å². The van der Waals surface area contributed by atoms with Crippen LogP contribution < -0.4 is 0 Å². The second kappa shape index (κ2) is 7.68. The first-order valence-electron chi connectivity index (χ1n) is 7.73. The number of hydrogen-bond donors (Lipinski definition) is 0. The van der Waals surface area contributed by atoms with E-state index in [0.717, 1.165) is 0 Å². The van der Waals surface area contributed by atoms with Gasteiger partial charge in [0, 0.05) is 29.8 Å². The van der Waals surface area contributed by atoms with Gasteiger partial charge in [0.05, 0.1) is 6.42 Å². The van der Waals surface area contributed by atoms with Crippen LogP contribution in [0.3, 0.4) is 0 Å². The summed E-state index contributed by atoms with van der Waals surface area (Å²) in [5.41, 5.74) is 0.893. The lowest BCUT2D eigenvalue weighted by Gasteiger charge is -2.19. The van der Waals surface area contributed by atoms with E-state index in [9.17, 15) is 14.0 Å². The summed E-state index contributed by atoms with van der Waals surface area (Å²) in [7, 11) is 0. The Bertz CT molecular complexity index is 694. The van der Waals surface area contributed by atoms with E-state index < -0.39 is 5.82 Å². The smallest absolute Gasteiger partial charge is 0.227 e. The molecule has 23 heavy (non-hydrogen) atoms. The summed E-state index contributed by atoms with van der Waals surface area (Å²) in [5.74, 6) is -0.970. The molecule has 2 aromatic rings. The van der Waals surface area contributed by atoms with E-state index in [4.69, 9.17) is 0 Å². The molecule has 0 aliphatic rings. The Balaban J connectivity index is 2.37. The first kappa shape index (κ1) is 16.9. The zero-order chi connectivity index (χ0) is 16.8. The fraction of sp³-hybridized carbons (Fsp3) is 0.263. The summed E-state index contributed by atoms with van der Waals surface area (Å²) < 4.78 is 14.2. The number of carbonyl (C=O) groups excluding carboxylic acids is 2. The van der Waals surface area contributed by atoms with E-state index in [1.807, 2.05) is 19.9 Å². The van der Waals surface area contributed by atoms with Gasteiger partial charge in [-0.25, -0.2) is 4.39 Å². The van der Waals surface area contributed by atoms with Crippen LogP contribution in [0.15, 0.2) is 48.5 Å². The summed E-state index contributed by atoms with van der Waals surface area (Å²) in [6.07, 6.45) is -0.109. The summed E-state index contributed by atoms with van der Waals surface area (Å²) in [6, 6.07) is 13.0. The predicted molar refractivity (Wildman–Crippen MR) is 87.9 cm³/mol. The molecule has 2 aromatic carbocycles. The third kappa shape index (κ3) is 3.83. The SMILES string of the molecule is CCN(CC)C(=O)Cc1c(F)cccc1C(=O)c1ccccc1. The third-order valence-electron chi connectivity index (χ3n) is 3.84. The maximum absolute atomic E-state index is 14.2. The lowest BCUT2D eigenvalue weighted by Crippen LogP contribution is -2.32. The summed E-state index contributed by atoms with van der Waals surface area (Å²) >= 11 is 0. The van der Waals surface area contributed by atoms with Crippen LogP contribution in [-0.2, 0) is 11.2 Å². The average molecular weight is 313 g/mol. The van der Waals surface area contributed by atoms with Crippen LogP contribution in [-0.4, -0.2) is 29.7 Å². The van der Waals surface area contributed by atoms with Gasteiger partial charge in [-0.3, -0.25) is 9.59 Å². The number of rotatable bonds is 6. The van der Waals surface area contributed by atoms with Crippen molar-refractivity contribution in [3.05, 3.63) is 71.0 Å². The Morgan fingerprint density at radius 1 is 0.957 bits per heavy atom. The van der Waals surface area contributed by atoms with Gasteiger partial charge in [-0.2, -0.15) is 0 Å². The molecule has 0 aliphatic heterocycles. The normalized spacial score (nSPS) is 10.4. The van der Waals surface area contributed by atoms with Crippen LogP contribution in [0.1, 0.15) is 35.3 Å². The molecule has 0 fully saturated rings. The van der Waals surface area contributed by atoms with Crippen molar-refractivity contribution in [2.24, 2.45) is 0 Å². The Kier molecular flexibility index (Phi) is 5.63. The maximum atomic E-state index is 14.2. The highest BCUT2D eigenvalue weighted by molar-refractivity contribution is 6.10. The van der Waals surface area contributed by atoms with Crippen molar-refractivity contribution in [3.8, 4) is 0 Å². The summed E-state index contributed by atoms with van der Waals surface area (Å²) in [5, 5.41) is 0. The van der Waals surface area contributed by atoms with Crippen LogP contribution in [0.2, 0.25) is 0 Å². The number of ketones is 1. The number of carbonyl (C=O) groups is 2. The Morgan fingerprint density at radius 3 is 2.22 bits per heavy atom. The van der Waals surface area contributed by atoms with Crippen molar-refractivity contribution < 1.29 is 14.0 Å². The van der Waals surface area contributed by atoms with Gasteiger partial charge in [-0.15, -0.1) is 0 Å². The highest BCUT2D eigenvalue weighted by Gasteiger charge is 2.20. The van der Waals surface area contributed by atoms with Crippen LogP contribution in [0.5, 0.6) is 0 Å². The highest BCUT2D eigenvalue weighted by atomic mass is 19.1. The minimum Gasteiger partial charge on any atom is -0.343 e. The summed E-state index contributed by atoms with van der Waals surface area (Å²) in [4.78, 5) is 26.5. The fourth-order valence-corrected chi connectivity index (χ4v) is 2.54. The standard InChI is InChI=1S/C19H20FNO2/c1-3-21(4-2)18(22)13-16-15(11-8-12-17(16)20)19(23)14-9-6-5-7-10-14/h5-12H,3-4,13H2,1-2H3. The van der Waals surface area contributed by atoms with Crippen molar-refractivity contribution in [1.29, 1.82) is 0 Å². The highest BCUT2D eigenvalue weighted by Crippen LogP contribution is 2.19. The van der Waals surface area contributed by atoms with Crippen LogP contribution in [0, 0.1) is 5.82 Å². The van der Waals surface area contributed by atoms with Gasteiger partial charge in [0.25, 0.3) is 0 Å². The Labute approximate surface area is 135 Å². The van der Waals surface area contributed by atoms with Gasteiger partial charge in [-0.05, 0) is 19.9 Å². The van der Waals surface area contributed by atoms with Gasteiger partial charge < -0.3 is 4.90 Å². The summed E-state index contributed by atoms with van der Waals surface area (Å²) in [6.45, 7) is 4.87. The molecule has 4 heteroatoms. The number of benzene rings is 2. The maximum Gasteiger partial charge on any atom is 0.227 e. The molecular formula is C19H20FNO2. The lowest BCUT2D eigenvalue weighted by atomic mass is 9.96. The van der Waals surface area contributed by atoms with Gasteiger partial charge in [0.1, 0.15) is 5.82 Å². The zero-order valence-electron chi connectivity index (χ0n) is 13.4. The molecule has 0 heterocycles. The molecule has 0 bridgehead atoms. The average Bonchev–Trinajstić information content (AvgIpc) is 2.58. The second-order valence-electron chi connectivity index (χ2n) is 5.20. The molecule has 0 spiro atoms. The molecular weight excluding hydrogens is 293 g/mol. The van der Waals surface area contributed by atoms with E-state index in [0.29, 0.717) is 18.7 Å². The number of hydrogen-bond acceptors (Lipinski definition) is 2. The van der Waals surface area contributed by atoms with Gasteiger partial charge in [-0.1, -0.05) is 42.5 Å². The minimum atomic E-state index is -0.521. The first-order chi connectivity index (χ1) is 11.1. The molecule has 0 unspecified atom stereocenters. The Morgan fingerprint density at radius 2 is 1.61 bits per heavy atom. The first-order valence-corrected chi connectivity index (χ1v) is 7.73. The number of nitrogens with zero attached hydrogens (tertiary/aromatic N) is 1. The van der Waals surface area contributed by atoms with E-state index in [1.165, 1.54) is 12.1 Å². The molecule has 3 nitrogen and oxygen atoms in total. The number of halogens is 1. The Hall–Kier alpha value is -2.49. The molecule has 0 aliphatic carbocycles. The molecule has 120 valence electrons. The van der Waals surface area contributed by atoms with Gasteiger partial charge in [0.2, 0.25) is 5.91 Å². The van der Waals surface area contributed by atoms with Crippen molar-refractivity contribution in [2.75, 3.05) is 13.1 Å². The molecule has 1 amide bonds. The molecule has 2 rings (SSSR count). The van der Waals surface area contributed by atoms with Crippen LogP contribution in [0.25, 0.3) is 0 Å². The number of likely N-dealkylation sites (N-methyl/N-ethyl adjacent to an activating group) is 1. The molecule has 0 saturated carbocycles. The van der Waals surface area contributed by atoms with E-state index in [2.05, 4.69) is 0 Å². The van der Waals surface area contributed by atoms with E-state index >= 15 is 0 Å². The third-order valence-corrected chi connectivity index (χ3v) is 3.84. The number of amides is 1. The second-order valence-corrected chi connectivity index (χ2v) is 5.20. The van der Waals surface area contributed by atoms with Gasteiger partial charge in [0.15, 0.2) is 5.78 Å². The quantitative estimate of drug-likeness (QED) is 0.766. The topological polar surface area (TPSA) is 37.4 Å². The fourth-order valence-electron chi connectivity index (χ4n) is 2.54. The predicted octanol–water partition coefficient (Wildman–Crippen LogP) is 3.47. The van der Waals surface area contributed by atoms with E-state index in [1.54, 1.807) is 35.2 Å². The lowest BCUT2D eigenvalue weighted by molar-refractivity contribution is -0.130. The van der Waals surface area contributed by atoms with E-state index in [-0.39, 0.29) is 29.2 Å². The molecule has 0 atom stereocenters. The molecule has 0 N–H and O–H groups in total. The van der Waals surface area contributed by atoms with Crippen molar-refractivity contribution in [2.45, 2.75) is 20.3 Å². The van der Waals surface area contributed by atoms with Crippen molar-refractivity contribution in [1.82, 2.24) is 4.90 Å². The van der Waals surface area contributed by atoms with Crippen molar-refractivity contribution in [3.63, 3.8) is 0 Å². The monoisotopic (exact) mass is 313 g/mol. The van der Waals surface area contributed by atoms with Crippen LogP contribution in [0.4, 0.5) is 4.39 Å². The van der Waals surface area contributed by atoms with Gasteiger partial charge >= 0.3 is 0 Å².